The molecule has 1 unspecified atom stereocenters. The van der Waals surface area contributed by atoms with Crippen molar-refractivity contribution < 1.29 is 10.2 Å². The van der Waals surface area contributed by atoms with E-state index in [4.69, 9.17) is 12.2 Å². The van der Waals surface area contributed by atoms with Crippen molar-refractivity contribution in [3.05, 3.63) is 51.6 Å². The van der Waals surface area contributed by atoms with E-state index in [0.717, 1.165) is 19.3 Å². The van der Waals surface area contributed by atoms with Gasteiger partial charge in [-0.1, -0.05) is 24.3 Å². The monoisotopic (exact) mass is 290 g/mol. The molecule has 0 bridgehead atoms. The Morgan fingerprint density at radius 3 is 2.65 bits per heavy atom. The smallest absolute Gasteiger partial charge is 0.177 e. The fourth-order valence-corrected chi connectivity index (χ4v) is 3.50. The van der Waals surface area contributed by atoms with E-state index in [0.29, 0.717) is 16.2 Å². The Morgan fingerprint density at radius 2 is 1.95 bits per heavy atom. The predicted molar refractivity (Wildman–Crippen MR) is 79.0 cm³/mol. The molecule has 0 spiro atoms. The molecule has 0 radical (unpaired) electrons. The summed E-state index contributed by atoms with van der Waals surface area (Å²) >= 11 is 5.36. The summed E-state index contributed by atoms with van der Waals surface area (Å²) in [7, 11) is 0. The number of nitrogens with zero attached hydrogens (tertiary/aromatic N) is 1. The average molecular weight is 290 g/mol. The Balaban J connectivity index is 1.99. The predicted octanol–water partition coefficient (Wildman–Crippen LogP) is 2.26. The summed E-state index contributed by atoms with van der Waals surface area (Å²) in [5.41, 5.74) is 4.08. The number of fused-ring (bicyclic) bond motifs is 1. The van der Waals surface area contributed by atoms with Gasteiger partial charge in [-0.05, 0) is 42.6 Å². The first-order valence-electron chi connectivity index (χ1n) is 6.85. The Labute approximate surface area is 122 Å². The molecule has 0 fully saturated rings. The molecule has 4 nitrogen and oxygen atoms in total. The van der Waals surface area contributed by atoms with Crippen molar-refractivity contribution in [3.63, 3.8) is 0 Å². The van der Waals surface area contributed by atoms with E-state index < -0.39 is 0 Å². The second-order valence-corrected chi connectivity index (χ2v) is 5.59. The number of rotatable bonds is 3. The van der Waals surface area contributed by atoms with Gasteiger partial charge in [-0.3, -0.25) is 0 Å². The second-order valence-electron chi connectivity index (χ2n) is 5.21. The van der Waals surface area contributed by atoms with Gasteiger partial charge in [-0.25, -0.2) is 0 Å². The number of aliphatic hydroxyl groups excluding tert-OH is 2. The molecule has 3 N–H and O–H groups in total. The minimum Gasteiger partial charge on any atom is -0.390 e. The molecule has 0 amide bonds. The lowest BCUT2D eigenvalue weighted by atomic mass is 9.88. The molecule has 106 valence electrons. The number of aromatic amines is 1. The fourth-order valence-electron chi connectivity index (χ4n) is 3.12. The summed E-state index contributed by atoms with van der Waals surface area (Å²) < 4.78 is 2.57. The lowest BCUT2D eigenvalue weighted by Gasteiger charge is -2.27. The van der Waals surface area contributed by atoms with Crippen molar-refractivity contribution in [1.29, 1.82) is 0 Å². The average Bonchev–Trinajstić information content (AvgIpc) is 2.82. The number of benzene rings is 1. The quantitative estimate of drug-likeness (QED) is 0.760. The normalized spacial score (nSPS) is 18.0. The summed E-state index contributed by atoms with van der Waals surface area (Å²) in [5, 5.41) is 18.9. The SMILES string of the molecule is OCc1[nH]c(=S)n(C2CCc3ccccc3C2)c1CO. The van der Waals surface area contributed by atoms with Gasteiger partial charge in [0.2, 0.25) is 0 Å². The third-order valence-corrected chi connectivity index (χ3v) is 4.41. The molecule has 1 aromatic heterocycles. The van der Waals surface area contributed by atoms with Gasteiger partial charge in [-0.15, -0.1) is 0 Å². The maximum Gasteiger partial charge on any atom is 0.177 e. The highest BCUT2D eigenvalue weighted by atomic mass is 32.1. The molecule has 0 aliphatic heterocycles. The van der Waals surface area contributed by atoms with Crippen LogP contribution in [0.15, 0.2) is 24.3 Å². The molecular formula is C15H18N2O2S. The van der Waals surface area contributed by atoms with Crippen LogP contribution in [0.3, 0.4) is 0 Å². The van der Waals surface area contributed by atoms with E-state index in [1.54, 1.807) is 0 Å². The third kappa shape index (κ3) is 2.22. The number of aliphatic hydroxyl groups is 2. The van der Waals surface area contributed by atoms with Crippen LogP contribution in [0, 0.1) is 4.77 Å². The topological polar surface area (TPSA) is 61.2 Å². The number of imidazole rings is 1. The summed E-state index contributed by atoms with van der Waals surface area (Å²) in [6.07, 6.45) is 2.94. The number of hydrogen-bond acceptors (Lipinski definition) is 3. The third-order valence-electron chi connectivity index (χ3n) is 4.11. The van der Waals surface area contributed by atoms with Gasteiger partial charge in [0, 0.05) is 6.04 Å². The standard InChI is InChI=1S/C15H18N2O2S/c18-8-13-14(9-19)17(15(20)16-13)12-6-5-10-3-1-2-4-11(10)7-12/h1-4,12,18-19H,5-9H2,(H,16,20). The van der Waals surface area contributed by atoms with Crippen LogP contribution in [0.5, 0.6) is 0 Å². The largest absolute Gasteiger partial charge is 0.390 e. The zero-order valence-electron chi connectivity index (χ0n) is 11.2. The zero-order chi connectivity index (χ0) is 14.1. The van der Waals surface area contributed by atoms with Crippen LogP contribution in [-0.2, 0) is 26.1 Å². The summed E-state index contributed by atoms with van der Waals surface area (Å²) in [4.78, 5) is 3.00. The van der Waals surface area contributed by atoms with E-state index in [2.05, 4.69) is 29.2 Å². The van der Waals surface area contributed by atoms with E-state index in [-0.39, 0.29) is 19.3 Å². The second kappa shape index (κ2) is 5.52. The molecular weight excluding hydrogens is 272 g/mol. The van der Waals surface area contributed by atoms with Crippen molar-refractivity contribution in [3.8, 4) is 0 Å². The Kier molecular flexibility index (Phi) is 3.74. The number of aromatic nitrogens is 2. The molecule has 5 heteroatoms. The highest BCUT2D eigenvalue weighted by Crippen LogP contribution is 2.30. The number of hydrogen-bond donors (Lipinski definition) is 3. The first-order valence-corrected chi connectivity index (χ1v) is 7.26. The van der Waals surface area contributed by atoms with E-state index in [1.165, 1.54) is 11.1 Å². The molecule has 0 saturated carbocycles. The Hall–Kier alpha value is -1.43. The Morgan fingerprint density at radius 1 is 1.20 bits per heavy atom. The minimum atomic E-state index is -0.129. The number of nitrogens with one attached hydrogen (secondary N) is 1. The molecule has 1 atom stereocenters. The summed E-state index contributed by atoms with van der Waals surface area (Å²) in [6.45, 7) is -0.239. The van der Waals surface area contributed by atoms with Crippen LogP contribution in [-0.4, -0.2) is 19.8 Å². The highest BCUT2D eigenvalue weighted by Gasteiger charge is 2.23. The maximum atomic E-state index is 9.57. The first kappa shape index (κ1) is 13.5. The molecule has 1 aliphatic rings. The van der Waals surface area contributed by atoms with E-state index >= 15 is 0 Å². The molecule has 1 heterocycles. The van der Waals surface area contributed by atoms with E-state index in [1.807, 2.05) is 4.57 Å². The maximum absolute atomic E-state index is 9.57. The lowest BCUT2D eigenvalue weighted by Crippen LogP contribution is -2.20. The van der Waals surface area contributed by atoms with Gasteiger partial charge < -0.3 is 19.8 Å². The van der Waals surface area contributed by atoms with Crippen LogP contribution in [0.2, 0.25) is 0 Å². The highest BCUT2D eigenvalue weighted by molar-refractivity contribution is 7.71. The van der Waals surface area contributed by atoms with Gasteiger partial charge in [0.15, 0.2) is 4.77 Å². The van der Waals surface area contributed by atoms with Gasteiger partial charge in [0.25, 0.3) is 0 Å². The Bertz CT molecular complexity index is 675. The zero-order valence-corrected chi connectivity index (χ0v) is 12.0. The molecule has 20 heavy (non-hydrogen) atoms. The minimum absolute atomic E-state index is 0.110. The molecule has 2 aromatic rings. The van der Waals surface area contributed by atoms with Crippen molar-refractivity contribution in [1.82, 2.24) is 9.55 Å². The van der Waals surface area contributed by atoms with Crippen LogP contribution in [0.4, 0.5) is 0 Å². The molecule has 3 rings (SSSR count). The number of H-pyrrole nitrogens is 1. The number of aryl methyl sites for hydroxylation is 1. The van der Waals surface area contributed by atoms with Gasteiger partial charge >= 0.3 is 0 Å². The lowest BCUT2D eigenvalue weighted by molar-refractivity contribution is 0.245. The van der Waals surface area contributed by atoms with Crippen LogP contribution in [0.25, 0.3) is 0 Å². The summed E-state index contributed by atoms with van der Waals surface area (Å²) in [5.74, 6) is 0. The van der Waals surface area contributed by atoms with Crippen LogP contribution in [0.1, 0.15) is 35.0 Å². The summed E-state index contributed by atoms with van der Waals surface area (Å²) in [6, 6.07) is 8.71. The van der Waals surface area contributed by atoms with Gasteiger partial charge in [0.05, 0.1) is 24.6 Å². The van der Waals surface area contributed by atoms with Crippen molar-refractivity contribution in [2.45, 2.75) is 38.5 Å². The molecule has 0 saturated heterocycles. The fraction of sp³-hybridized carbons (Fsp3) is 0.400. The van der Waals surface area contributed by atoms with Crippen molar-refractivity contribution in [2.75, 3.05) is 0 Å². The molecule has 1 aliphatic carbocycles. The van der Waals surface area contributed by atoms with Crippen molar-refractivity contribution in [2.24, 2.45) is 0 Å². The van der Waals surface area contributed by atoms with Gasteiger partial charge in [-0.2, -0.15) is 0 Å². The van der Waals surface area contributed by atoms with Gasteiger partial charge in [0.1, 0.15) is 0 Å². The van der Waals surface area contributed by atoms with E-state index in [9.17, 15) is 10.2 Å². The van der Waals surface area contributed by atoms with Crippen LogP contribution < -0.4 is 0 Å². The van der Waals surface area contributed by atoms with Crippen LogP contribution >= 0.6 is 12.2 Å². The first-order chi connectivity index (χ1) is 9.74. The molecule has 1 aromatic carbocycles. The van der Waals surface area contributed by atoms with Crippen molar-refractivity contribution >= 4 is 12.2 Å².